The van der Waals surface area contributed by atoms with E-state index >= 15 is 0 Å². The molecule has 1 atom stereocenters. The zero-order chi connectivity index (χ0) is 17.8. The molecule has 0 fully saturated rings. The quantitative estimate of drug-likeness (QED) is 0.904. The fourth-order valence-corrected chi connectivity index (χ4v) is 3.10. The monoisotopic (exact) mass is 346 g/mol. The van der Waals surface area contributed by atoms with Crippen molar-refractivity contribution in [3.63, 3.8) is 0 Å². The van der Waals surface area contributed by atoms with Gasteiger partial charge in [0.1, 0.15) is 17.7 Å². The van der Waals surface area contributed by atoms with Gasteiger partial charge in [-0.3, -0.25) is 4.79 Å². The summed E-state index contributed by atoms with van der Waals surface area (Å²) in [4.78, 5) is 21.6. The summed E-state index contributed by atoms with van der Waals surface area (Å²) in [5.41, 5.74) is 2.01. The Morgan fingerprint density at radius 3 is 2.96 bits per heavy atom. The van der Waals surface area contributed by atoms with Crippen LogP contribution in [-0.4, -0.2) is 35.0 Å². The normalized spacial score (nSPS) is 16.6. The minimum atomic E-state index is -2.72. The van der Waals surface area contributed by atoms with E-state index in [-0.39, 0.29) is 5.69 Å². The Balaban J connectivity index is 1.61. The van der Waals surface area contributed by atoms with Crippen LogP contribution in [0.25, 0.3) is 0 Å². The first-order valence-electron chi connectivity index (χ1n) is 8.29. The van der Waals surface area contributed by atoms with Crippen molar-refractivity contribution in [2.24, 2.45) is 0 Å². The summed E-state index contributed by atoms with van der Waals surface area (Å²) in [6.45, 7) is 3.22. The summed E-state index contributed by atoms with van der Waals surface area (Å²) in [5.74, 6) is -0.470. The molecule has 1 unspecified atom stereocenters. The first-order valence-corrected chi connectivity index (χ1v) is 8.29. The molecule has 132 valence electrons. The van der Waals surface area contributed by atoms with Gasteiger partial charge in [-0.05, 0) is 37.5 Å². The molecule has 1 aliphatic rings. The summed E-state index contributed by atoms with van der Waals surface area (Å²) in [7, 11) is 0. The summed E-state index contributed by atoms with van der Waals surface area (Å²) in [5, 5.41) is 2.75. The summed E-state index contributed by atoms with van der Waals surface area (Å²) in [6, 6.07) is 9.67. The van der Waals surface area contributed by atoms with Crippen LogP contribution in [-0.2, 0) is 6.42 Å². The van der Waals surface area contributed by atoms with Crippen molar-refractivity contribution < 1.29 is 13.6 Å². The van der Waals surface area contributed by atoms with E-state index in [1.165, 1.54) is 11.3 Å². The number of benzene rings is 1. The molecule has 0 spiro atoms. The zero-order valence-electron chi connectivity index (χ0n) is 14.0. The van der Waals surface area contributed by atoms with Gasteiger partial charge in [-0.15, -0.1) is 0 Å². The van der Waals surface area contributed by atoms with Gasteiger partial charge >= 0.3 is 0 Å². The van der Waals surface area contributed by atoms with Crippen LogP contribution in [0.2, 0.25) is 0 Å². The van der Waals surface area contributed by atoms with Crippen LogP contribution in [0.4, 0.5) is 14.5 Å². The van der Waals surface area contributed by atoms with Crippen molar-refractivity contribution >= 4 is 11.6 Å². The van der Waals surface area contributed by atoms with Crippen LogP contribution >= 0.6 is 0 Å². The number of rotatable bonds is 5. The van der Waals surface area contributed by atoms with E-state index in [2.05, 4.69) is 39.2 Å². The Morgan fingerprint density at radius 1 is 1.36 bits per heavy atom. The van der Waals surface area contributed by atoms with Crippen molar-refractivity contribution in [2.45, 2.75) is 32.2 Å². The number of aromatic nitrogens is 2. The lowest BCUT2D eigenvalue weighted by Crippen LogP contribution is -2.42. The van der Waals surface area contributed by atoms with E-state index in [1.807, 2.05) is 12.1 Å². The molecular formula is C18H20F2N4O. The number of halogens is 2. The Bertz CT molecular complexity index is 753. The number of aryl methyl sites for hydroxylation is 1. The van der Waals surface area contributed by atoms with Crippen molar-refractivity contribution in [2.75, 3.05) is 18.0 Å². The molecule has 0 aliphatic carbocycles. The van der Waals surface area contributed by atoms with Crippen LogP contribution in [0, 0.1) is 0 Å². The fourth-order valence-electron chi connectivity index (χ4n) is 3.10. The molecule has 2 heterocycles. The SMILES string of the molecule is CC1CCc2ccccc2N1CCNC(=O)c1cc(C(F)F)ncn1. The molecular weight excluding hydrogens is 326 g/mol. The smallest absolute Gasteiger partial charge is 0.280 e. The Kier molecular flexibility index (Phi) is 5.21. The maximum Gasteiger partial charge on any atom is 0.280 e. The largest absolute Gasteiger partial charge is 0.367 e. The molecule has 7 heteroatoms. The fraction of sp³-hybridized carbons (Fsp3) is 0.389. The number of alkyl halides is 2. The standard InChI is InChI=1S/C18H20F2N4O/c1-12-6-7-13-4-2-3-5-16(13)24(12)9-8-21-18(25)15-10-14(17(19)20)22-11-23-15/h2-5,10-12,17H,6-9H2,1H3,(H,21,25). The summed E-state index contributed by atoms with van der Waals surface area (Å²) < 4.78 is 25.3. The van der Waals surface area contributed by atoms with Gasteiger partial charge in [0.25, 0.3) is 12.3 Å². The molecule has 3 rings (SSSR count). The van der Waals surface area contributed by atoms with E-state index in [0.717, 1.165) is 25.2 Å². The highest BCUT2D eigenvalue weighted by Gasteiger charge is 2.22. The molecule has 0 bridgehead atoms. The van der Waals surface area contributed by atoms with Gasteiger partial charge < -0.3 is 10.2 Å². The van der Waals surface area contributed by atoms with Crippen molar-refractivity contribution in [1.82, 2.24) is 15.3 Å². The van der Waals surface area contributed by atoms with Gasteiger partial charge in [0.2, 0.25) is 0 Å². The highest BCUT2D eigenvalue weighted by molar-refractivity contribution is 5.92. The number of amides is 1. The van der Waals surface area contributed by atoms with Crippen LogP contribution in [0.5, 0.6) is 0 Å². The van der Waals surface area contributed by atoms with Gasteiger partial charge in [0.05, 0.1) is 0 Å². The molecule has 2 aromatic rings. The number of hydrogen-bond donors (Lipinski definition) is 1. The van der Waals surface area contributed by atoms with Crippen LogP contribution in [0.3, 0.4) is 0 Å². The summed E-state index contributed by atoms with van der Waals surface area (Å²) in [6.07, 6.45) is 0.381. The number of carbonyl (C=O) groups excluding carboxylic acids is 1. The van der Waals surface area contributed by atoms with Crippen molar-refractivity contribution in [1.29, 1.82) is 0 Å². The Hall–Kier alpha value is -2.57. The molecule has 0 saturated carbocycles. The van der Waals surface area contributed by atoms with Gasteiger partial charge in [-0.2, -0.15) is 0 Å². The van der Waals surface area contributed by atoms with E-state index in [0.29, 0.717) is 19.1 Å². The molecule has 0 radical (unpaired) electrons. The number of para-hydroxylation sites is 1. The van der Waals surface area contributed by atoms with Gasteiger partial charge in [0, 0.05) is 24.8 Å². The molecule has 5 nitrogen and oxygen atoms in total. The van der Waals surface area contributed by atoms with Crippen molar-refractivity contribution in [3.05, 3.63) is 53.6 Å². The number of hydrogen-bond acceptors (Lipinski definition) is 4. The lowest BCUT2D eigenvalue weighted by molar-refractivity contribution is 0.0948. The van der Waals surface area contributed by atoms with E-state index in [4.69, 9.17) is 0 Å². The molecule has 1 aromatic carbocycles. The highest BCUT2D eigenvalue weighted by atomic mass is 19.3. The maximum atomic E-state index is 12.7. The third-order valence-electron chi connectivity index (χ3n) is 4.45. The van der Waals surface area contributed by atoms with E-state index in [1.54, 1.807) is 0 Å². The zero-order valence-corrected chi connectivity index (χ0v) is 14.0. The number of fused-ring (bicyclic) bond motifs is 1. The average Bonchev–Trinajstić information content (AvgIpc) is 2.63. The highest BCUT2D eigenvalue weighted by Crippen LogP contribution is 2.29. The van der Waals surface area contributed by atoms with Gasteiger partial charge in [0.15, 0.2) is 0 Å². The lowest BCUT2D eigenvalue weighted by atomic mass is 9.97. The lowest BCUT2D eigenvalue weighted by Gasteiger charge is -2.37. The predicted molar refractivity (Wildman–Crippen MR) is 90.9 cm³/mol. The molecule has 0 saturated heterocycles. The summed E-state index contributed by atoms with van der Waals surface area (Å²) >= 11 is 0. The van der Waals surface area contributed by atoms with Crippen LogP contribution < -0.4 is 10.2 Å². The molecule has 25 heavy (non-hydrogen) atoms. The number of carbonyl (C=O) groups is 1. The molecule has 1 N–H and O–H groups in total. The predicted octanol–water partition coefficient (Wildman–Crippen LogP) is 2.99. The maximum absolute atomic E-state index is 12.7. The molecule has 1 aliphatic heterocycles. The third kappa shape index (κ3) is 3.92. The number of nitrogens with zero attached hydrogens (tertiary/aromatic N) is 3. The number of anilines is 1. The molecule has 1 amide bonds. The average molecular weight is 346 g/mol. The Morgan fingerprint density at radius 2 is 2.16 bits per heavy atom. The van der Waals surface area contributed by atoms with E-state index in [9.17, 15) is 13.6 Å². The third-order valence-corrected chi connectivity index (χ3v) is 4.45. The minimum Gasteiger partial charge on any atom is -0.367 e. The topological polar surface area (TPSA) is 58.1 Å². The van der Waals surface area contributed by atoms with E-state index < -0.39 is 18.0 Å². The minimum absolute atomic E-state index is 0.0441. The van der Waals surface area contributed by atoms with Crippen molar-refractivity contribution in [3.8, 4) is 0 Å². The van der Waals surface area contributed by atoms with Gasteiger partial charge in [-0.25, -0.2) is 18.7 Å². The molecule has 1 aromatic heterocycles. The number of nitrogens with one attached hydrogen (secondary N) is 1. The first kappa shape index (κ1) is 17.3. The second-order valence-electron chi connectivity index (χ2n) is 6.09. The first-order chi connectivity index (χ1) is 12.1. The van der Waals surface area contributed by atoms with Gasteiger partial charge in [-0.1, -0.05) is 18.2 Å². The van der Waals surface area contributed by atoms with Crippen LogP contribution in [0.15, 0.2) is 36.7 Å². The second-order valence-corrected chi connectivity index (χ2v) is 6.09. The second kappa shape index (κ2) is 7.55. The Labute approximate surface area is 145 Å². The van der Waals surface area contributed by atoms with Crippen LogP contribution in [0.1, 0.15) is 41.5 Å².